The highest BCUT2D eigenvalue weighted by atomic mass is 28.4. The standard InChI is InChI=1S/C33H40F3NO3Si/c1-6-22-32(5,40-29(26-16-10-7-11-17-26)25-37-30(38)33(34,35)36)23-24-39-41(31(2,3)4,27-18-12-8-13-19-27)28-20-14-9-15-21-28/h6-21,29H,1,22-25H2,2-5H3,(H,37,38)/t29-,32+/m1/s1. The van der Waals surface area contributed by atoms with Crippen molar-refractivity contribution in [1.29, 1.82) is 0 Å². The Morgan fingerprint density at radius 3 is 1.80 bits per heavy atom. The minimum atomic E-state index is -4.98. The summed E-state index contributed by atoms with van der Waals surface area (Å²) < 4.78 is 52.4. The first-order valence-corrected chi connectivity index (χ1v) is 15.7. The maximum absolute atomic E-state index is 12.9. The second-order valence-electron chi connectivity index (χ2n) is 11.4. The molecule has 0 aliphatic carbocycles. The van der Waals surface area contributed by atoms with Gasteiger partial charge in [-0.25, -0.2) is 0 Å². The van der Waals surface area contributed by atoms with Crippen molar-refractivity contribution in [2.24, 2.45) is 0 Å². The zero-order chi connectivity index (χ0) is 30.2. The number of carbonyl (C=O) groups is 1. The van der Waals surface area contributed by atoms with Crippen LogP contribution in [0.15, 0.2) is 104 Å². The molecule has 2 atom stereocenters. The molecule has 41 heavy (non-hydrogen) atoms. The average Bonchev–Trinajstić information content (AvgIpc) is 2.93. The number of halogens is 3. The number of ether oxygens (including phenoxy) is 1. The number of nitrogens with one attached hydrogen (secondary N) is 1. The van der Waals surface area contributed by atoms with E-state index >= 15 is 0 Å². The number of amides is 1. The molecule has 0 aromatic heterocycles. The molecule has 0 saturated heterocycles. The van der Waals surface area contributed by atoms with Gasteiger partial charge in [-0.2, -0.15) is 13.2 Å². The van der Waals surface area contributed by atoms with E-state index in [0.717, 1.165) is 10.4 Å². The molecule has 220 valence electrons. The Kier molecular flexibility index (Phi) is 10.7. The number of carbonyl (C=O) groups excluding carboxylic acids is 1. The van der Waals surface area contributed by atoms with Crippen molar-refractivity contribution in [3.05, 3.63) is 109 Å². The Hall–Kier alpha value is -3.20. The Morgan fingerprint density at radius 2 is 1.37 bits per heavy atom. The normalized spacial score (nSPS) is 14.6. The van der Waals surface area contributed by atoms with Gasteiger partial charge in [0.1, 0.15) is 6.10 Å². The zero-order valence-electron chi connectivity index (χ0n) is 24.2. The Labute approximate surface area is 242 Å². The van der Waals surface area contributed by atoms with Gasteiger partial charge in [-0.15, -0.1) is 6.58 Å². The monoisotopic (exact) mass is 583 g/mol. The fourth-order valence-electron chi connectivity index (χ4n) is 5.22. The molecule has 3 rings (SSSR count). The van der Waals surface area contributed by atoms with Crippen LogP contribution in [0.1, 0.15) is 52.2 Å². The third kappa shape index (κ3) is 8.18. The predicted molar refractivity (Wildman–Crippen MR) is 161 cm³/mol. The van der Waals surface area contributed by atoms with E-state index < -0.39 is 32.1 Å². The van der Waals surface area contributed by atoms with Crippen molar-refractivity contribution in [3.63, 3.8) is 0 Å². The molecule has 4 nitrogen and oxygen atoms in total. The number of hydrogen-bond acceptors (Lipinski definition) is 3. The van der Waals surface area contributed by atoms with Gasteiger partial charge in [0.15, 0.2) is 0 Å². The molecule has 0 aliphatic rings. The van der Waals surface area contributed by atoms with Crippen molar-refractivity contribution in [2.75, 3.05) is 13.2 Å². The van der Waals surface area contributed by atoms with E-state index in [1.165, 1.54) is 0 Å². The number of benzene rings is 3. The topological polar surface area (TPSA) is 47.6 Å². The fourth-order valence-corrected chi connectivity index (χ4v) is 9.78. The second-order valence-corrected chi connectivity index (χ2v) is 15.7. The van der Waals surface area contributed by atoms with Gasteiger partial charge in [0.2, 0.25) is 0 Å². The molecule has 0 spiro atoms. The summed E-state index contributed by atoms with van der Waals surface area (Å²) in [6.45, 7) is 12.4. The molecule has 3 aromatic rings. The first-order chi connectivity index (χ1) is 19.3. The molecule has 0 heterocycles. The molecule has 0 fully saturated rings. The lowest BCUT2D eigenvalue weighted by molar-refractivity contribution is -0.175. The first kappa shape index (κ1) is 32.3. The van der Waals surface area contributed by atoms with Gasteiger partial charge in [0, 0.05) is 13.2 Å². The largest absolute Gasteiger partial charge is 0.471 e. The van der Waals surface area contributed by atoms with E-state index in [4.69, 9.17) is 9.16 Å². The third-order valence-corrected chi connectivity index (χ3v) is 12.3. The molecule has 0 saturated carbocycles. The van der Waals surface area contributed by atoms with Gasteiger partial charge in [-0.05, 0) is 40.7 Å². The van der Waals surface area contributed by atoms with Gasteiger partial charge in [0.25, 0.3) is 8.32 Å². The van der Waals surface area contributed by atoms with Crippen molar-refractivity contribution >= 4 is 24.6 Å². The Morgan fingerprint density at radius 1 is 0.878 bits per heavy atom. The molecule has 0 bridgehead atoms. The van der Waals surface area contributed by atoms with E-state index in [-0.39, 0.29) is 11.6 Å². The lowest BCUT2D eigenvalue weighted by atomic mass is 9.97. The number of hydrogen-bond donors (Lipinski definition) is 1. The van der Waals surface area contributed by atoms with Crippen LogP contribution in [-0.4, -0.2) is 39.2 Å². The number of alkyl halides is 3. The minimum Gasteiger partial charge on any atom is -0.407 e. The third-order valence-electron chi connectivity index (χ3n) is 7.25. The van der Waals surface area contributed by atoms with Crippen molar-refractivity contribution < 1.29 is 27.1 Å². The average molecular weight is 584 g/mol. The predicted octanol–water partition coefficient (Wildman–Crippen LogP) is 6.72. The lowest BCUT2D eigenvalue weighted by Crippen LogP contribution is -2.66. The highest BCUT2D eigenvalue weighted by molar-refractivity contribution is 6.99. The summed E-state index contributed by atoms with van der Waals surface area (Å²) in [5.41, 5.74) is -0.158. The minimum absolute atomic E-state index is 0.208. The van der Waals surface area contributed by atoms with Crippen LogP contribution in [0.3, 0.4) is 0 Å². The number of rotatable bonds is 13. The molecule has 1 N–H and O–H groups in total. The van der Waals surface area contributed by atoms with Crippen molar-refractivity contribution in [1.82, 2.24) is 5.32 Å². The molecule has 3 aromatic carbocycles. The summed E-state index contributed by atoms with van der Waals surface area (Å²) in [6.07, 6.45) is -3.15. The highest BCUT2D eigenvalue weighted by Crippen LogP contribution is 2.38. The molecule has 8 heteroatoms. The van der Waals surface area contributed by atoms with Crippen LogP contribution in [0.5, 0.6) is 0 Å². The van der Waals surface area contributed by atoms with Gasteiger partial charge < -0.3 is 14.5 Å². The summed E-state index contributed by atoms with van der Waals surface area (Å²) in [6, 6.07) is 29.5. The van der Waals surface area contributed by atoms with Crippen LogP contribution in [0.2, 0.25) is 5.04 Å². The van der Waals surface area contributed by atoms with Gasteiger partial charge in [-0.3, -0.25) is 4.79 Å². The summed E-state index contributed by atoms with van der Waals surface area (Å²) in [5, 5.41) is 4.09. The van der Waals surface area contributed by atoms with E-state index in [0.29, 0.717) is 25.0 Å². The molecular weight excluding hydrogens is 543 g/mol. The van der Waals surface area contributed by atoms with Crippen LogP contribution >= 0.6 is 0 Å². The van der Waals surface area contributed by atoms with E-state index in [1.54, 1.807) is 30.3 Å². The lowest BCUT2D eigenvalue weighted by Gasteiger charge is -2.44. The Bertz CT molecular complexity index is 1210. The smallest absolute Gasteiger partial charge is 0.407 e. The summed E-state index contributed by atoms with van der Waals surface area (Å²) in [7, 11) is -2.79. The maximum atomic E-state index is 12.9. The van der Waals surface area contributed by atoms with Gasteiger partial charge in [0.05, 0.1) is 5.60 Å². The molecule has 0 radical (unpaired) electrons. The van der Waals surface area contributed by atoms with Crippen LogP contribution in [0.25, 0.3) is 0 Å². The highest BCUT2D eigenvalue weighted by Gasteiger charge is 2.50. The van der Waals surface area contributed by atoms with E-state index in [9.17, 15) is 18.0 Å². The summed E-state index contributed by atoms with van der Waals surface area (Å²) >= 11 is 0. The first-order valence-electron chi connectivity index (χ1n) is 13.8. The van der Waals surface area contributed by atoms with Crippen LogP contribution in [0, 0.1) is 0 Å². The Balaban J connectivity index is 1.90. The van der Waals surface area contributed by atoms with Crippen molar-refractivity contribution in [2.45, 2.75) is 63.5 Å². The summed E-state index contributed by atoms with van der Waals surface area (Å²) in [5.74, 6) is -2.00. The quantitative estimate of drug-likeness (QED) is 0.179. The van der Waals surface area contributed by atoms with E-state index in [2.05, 4.69) is 51.6 Å². The van der Waals surface area contributed by atoms with Gasteiger partial charge >= 0.3 is 12.1 Å². The molecule has 1 amide bonds. The summed E-state index contributed by atoms with van der Waals surface area (Å²) in [4.78, 5) is 11.6. The van der Waals surface area contributed by atoms with E-state index in [1.807, 2.05) is 54.7 Å². The van der Waals surface area contributed by atoms with Crippen molar-refractivity contribution in [3.8, 4) is 0 Å². The van der Waals surface area contributed by atoms with Gasteiger partial charge in [-0.1, -0.05) is 118 Å². The van der Waals surface area contributed by atoms with Crippen LogP contribution < -0.4 is 15.7 Å². The fraction of sp³-hybridized carbons (Fsp3) is 0.364. The molecule has 0 unspecified atom stereocenters. The van der Waals surface area contributed by atoms with Crippen LogP contribution in [-0.2, 0) is 14.0 Å². The molecule has 0 aliphatic heterocycles. The zero-order valence-corrected chi connectivity index (χ0v) is 25.2. The molecular formula is C33H40F3NO3Si. The maximum Gasteiger partial charge on any atom is 0.471 e. The SMILES string of the molecule is C=CC[C@@](C)(CCO[Si](c1ccccc1)(c1ccccc1)C(C)(C)C)O[C@H](CNC(=O)C(F)(F)F)c1ccccc1. The van der Waals surface area contributed by atoms with Crippen LogP contribution in [0.4, 0.5) is 13.2 Å². The second kappa shape index (κ2) is 13.6.